The van der Waals surface area contributed by atoms with Crippen molar-refractivity contribution < 1.29 is 19.1 Å². The molecule has 1 aliphatic carbocycles. The Balaban J connectivity index is 1.64. The Morgan fingerprint density at radius 3 is 2.78 bits per heavy atom. The number of hydrogen-bond acceptors (Lipinski definition) is 6. The van der Waals surface area contributed by atoms with Gasteiger partial charge in [-0.05, 0) is 12.8 Å². The van der Waals surface area contributed by atoms with Gasteiger partial charge in [-0.1, -0.05) is 19.3 Å². The zero-order chi connectivity index (χ0) is 16.4. The monoisotopic (exact) mass is 341 g/mol. The molecule has 0 bridgehead atoms. The predicted molar refractivity (Wildman–Crippen MR) is 85.9 cm³/mol. The molecule has 3 fully saturated rings. The van der Waals surface area contributed by atoms with Gasteiger partial charge in [0, 0.05) is 18.8 Å². The van der Waals surface area contributed by atoms with Gasteiger partial charge in [0.2, 0.25) is 0 Å². The van der Waals surface area contributed by atoms with E-state index in [-0.39, 0.29) is 29.8 Å². The fourth-order valence-corrected chi connectivity index (χ4v) is 4.80. The minimum absolute atomic E-state index is 0.102. The number of carbonyl (C=O) groups excluding carboxylic acids is 3. The van der Waals surface area contributed by atoms with Crippen LogP contribution in [0.3, 0.4) is 0 Å². The first-order chi connectivity index (χ1) is 11.1. The second kappa shape index (κ2) is 6.68. The van der Waals surface area contributed by atoms with Crippen molar-refractivity contribution in [2.24, 2.45) is 0 Å². The minimum Gasteiger partial charge on any atom is -0.468 e. The number of nitrogens with one attached hydrogen (secondary N) is 1. The molecule has 0 unspecified atom stereocenters. The van der Waals surface area contributed by atoms with E-state index in [9.17, 15) is 14.4 Å². The first-order valence-corrected chi connectivity index (χ1v) is 9.16. The van der Waals surface area contributed by atoms with E-state index in [0.717, 1.165) is 44.4 Å². The van der Waals surface area contributed by atoms with Crippen LogP contribution < -0.4 is 5.32 Å². The van der Waals surface area contributed by atoms with Crippen LogP contribution in [-0.4, -0.2) is 71.1 Å². The number of ether oxygens (including phenoxy) is 1. The maximum absolute atomic E-state index is 12.8. The summed E-state index contributed by atoms with van der Waals surface area (Å²) in [5.41, 5.74) is -0.679. The van der Waals surface area contributed by atoms with Crippen molar-refractivity contribution in [1.29, 1.82) is 0 Å². The lowest BCUT2D eigenvalue weighted by atomic mass is 9.82. The van der Waals surface area contributed by atoms with Gasteiger partial charge < -0.3 is 10.1 Å². The van der Waals surface area contributed by atoms with E-state index in [4.69, 9.17) is 4.74 Å². The molecule has 3 aliphatic rings. The van der Waals surface area contributed by atoms with Crippen LogP contribution >= 0.6 is 11.8 Å². The van der Waals surface area contributed by atoms with E-state index in [1.807, 2.05) is 4.90 Å². The number of imide groups is 1. The quantitative estimate of drug-likeness (QED) is 0.604. The Hall–Kier alpha value is -1.28. The number of hydrogen-bond donors (Lipinski definition) is 1. The number of thioether (sulfide) groups is 1. The average molecular weight is 341 g/mol. The normalized spacial score (nSPS) is 28.0. The molecule has 0 radical (unpaired) electrons. The third-order valence-corrected chi connectivity index (χ3v) is 6.07. The van der Waals surface area contributed by atoms with Gasteiger partial charge in [0.25, 0.3) is 5.91 Å². The highest BCUT2D eigenvalue weighted by Gasteiger charge is 2.51. The molecule has 2 saturated heterocycles. The smallest absolute Gasteiger partial charge is 0.326 e. The molecule has 8 heteroatoms. The van der Waals surface area contributed by atoms with E-state index in [1.54, 1.807) is 11.8 Å². The molecule has 1 spiro atoms. The summed E-state index contributed by atoms with van der Waals surface area (Å²) >= 11 is 1.56. The van der Waals surface area contributed by atoms with Crippen LogP contribution in [0.5, 0.6) is 0 Å². The van der Waals surface area contributed by atoms with Crippen molar-refractivity contribution in [2.75, 3.05) is 32.6 Å². The number of nitrogens with zero attached hydrogens (tertiary/aromatic N) is 2. The van der Waals surface area contributed by atoms with Crippen LogP contribution in [0.1, 0.15) is 32.1 Å². The number of carbonyl (C=O) groups is 3. The van der Waals surface area contributed by atoms with E-state index in [0.29, 0.717) is 6.54 Å². The molecular formula is C15H23N3O4S. The van der Waals surface area contributed by atoms with E-state index in [1.165, 1.54) is 12.0 Å². The standard InChI is InChI=1S/C15H23N3O4S/c1-22-12(19)11-9-17(7-8-23-11)10-18-13(20)15(16-14(18)21)5-3-2-4-6-15/h11H,2-10H2,1H3,(H,16,21)/t11-/m1/s1. The number of methoxy groups -OCH3 is 1. The molecule has 1 saturated carbocycles. The highest BCUT2D eigenvalue weighted by Crippen LogP contribution is 2.34. The fraction of sp³-hybridized carbons (Fsp3) is 0.800. The van der Waals surface area contributed by atoms with Gasteiger partial charge in [0.15, 0.2) is 0 Å². The van der Waals surface area contributed by atoms with Crippen molar-refractivity contribution >= 4 is 29.7 Å². The average Bonchev–Trinajstić information content (AvgIpc) is 2.79. The van der Waals surface area contributed by atoms with Crippen molar-refractivity contribution in [3.63, 3.8) is 0 Å². The molecule has 0 aromatic carbocycles. The van der Waals surface area contributed by atoms with Gasteiger partial charge >= 0.3 is 12.0 Å². The Morgan fingerprint density at radius 1 is 1.35 bits per heavy atom. The third kappa shape index (κ3) is 3.19. The Morgan fingerprint density at radius 2 is 2.09 bits per heavy atom. The highest BCUT2D eigenvalue weighted by atomic mass is 32.2. The third-order valence-electron chi connectivity index (χ3n) is 4.91. The van der Waals surface area contributed by atoms with E-state index < -0.39 is 5.54 Å². The summed E-state index contributed by atoms with van der Waals surface area (Å²) in [4.78, 5) is 40.0. The van der Waals surface area contributed by atoms with Gasteiger partial charge in [-0.2, -0.15) is 0 Å². The molecule has 3 rings (SSSR count). The molecule has 2 heterocycles. The first kappa shape index (κ1) is 16.6. The maximum atomic E-state index is 12.8. The molecule has 2 aliphatic heterocycles. The highest BCUT2D eigenvalue weighted by molar-refractivity contribution is 8.00. The van der Waals surface area contributed by atoms with Crippen molar-refractivity contribution in [3.05, 3.63) is 0 Å². The second-order valence-electron chi connectivity index (χ2n) is 6.41. The summed E-state index contributed by atoms with van der Waals surface area (Å²) in [6.07, 6.45) is 4.54. The lowest BCUT2D eigenvalue weighted by Gasteiger charge is -2.34. The van der Waals surface area contributed by atoms with Gasteiger partial charge in [0.1, 0.15) is 10.8 Å². The Kier molecular flexibility index (Phi) is 4.82. The van der Waals surface area contributed by atoms with Gasteiger partial charge in [0.05, 0.1) is 13.8 Å². The van der Waals surface area contributed by atoms with Crippen LogP contribution in [0, 0.1) is 0 Å². The summed E-state index contributed by atoms with van der Waals surface area (Å²) in [6.45, 7) is 1.50. The van der Waals surface area contributed by atoms with E-state index >= 15 is 0 Å². The molecule has 3 amide bonds. The topological polar surface area (TPSA) is 79.0 Å². The largest absolute Gasteiger partial charge is 0.468 e. The number of rotatable bonds is 3. The Labute approximate surface area is 140 Å². The van der Waals surface area contributed by atoms with Crippen molar-refractivity contribution in [1.82, 2.24) is 15.1 Å². The lowest BCUT2D eigenvalue weighted by Crippen LogP contribution is -2.51. The molecule has 23 heavy (non-hydrogen) atoms. The van der Waals surface area contributed by atoms with Gasteiger partial charge in [-0.25, -0.2) is 9.69 Å². The van der Waals surface area contributed by atoms with Crippen LogP contribution in [0.15, 0.2) is 0 Å². The summed E-state index contributed by atoms with van der Waals surface area (Å²) in [5.74, 6) is 0.435. The summed E-state index contributed by atoms with van der Waals surface area (Å²) in [7, 11) is 1.38. The first-order valence-electron chi connectivity index (χ1n) is 8.12. The number of amides is 3. The van der Waals surface area contributed by atoms with Gasteiger partial charge in [-0.15, -0.1) is 11.8 Å². The molecule has 128 valence electrons. The lowest BCUT2D eigenvalue weighted by molar-refractivity contribution is -0.140. The molecule has 1 N–H and O–H groups in total. The summed E-state index contributed by atoms with van der Waals surface area (Å²) < 4.78 is 4.79. The molecule has 0 aromatic heterocycles. The zero-order valence-electron chi connectivity index (χ0n) is 13.4. The number of esters is 1. The predicted octanol–water partition coefficient (Wildman–Crippen LogP) is 0.789. The zero-order valence-corrected chi connectivity index (χ0v) is 14.2. The van der Waals surface area contributed by atoms with Crippen molar-refractivity contribution in [3.8, 4) is 0 Å². The molecule has 0 aromatic rings. The molecule has 1 atom stereocenters. The minimum atomic E-state index is -0.679. The van der Waals surface area contributed by atoms with Crippen LogP contribution in [-0.2, 0) is 14.3 Å². The summed E-state index contributed by atoms with van der Waals surface area (Å²) in [5, 5.41) is 2.67. The maximum Gasteiger partial charge on any atom is 0.326 e. The molecule has 7 nitrogen and oxygen atoms in total. The second-order valence-corrected chi connectivity index (χ2v) is 7.72. The van der Waals surface area contributed by atoms with Crippen LogP contribution in [0.2, 0.25) is 0 Å². The summed E-state index contributed by atoms with van der Waals surface area (Å²) in [6, 6.07) is -0.301. The van der Waals surface area contributed by atoms with Crippen molar-refractivity contribution in [2.45, 2.75) is 42.9 Å². The SMILES string of the molecule is COC(=O)[C@H]1CN(CN2C(=O)NC3(CCCCC3)C2=O)CCS1. The molecular weight excluding hydrogens is 318 g/mol. The van der Waals surface area contributed by atoms with E-state index in [2.05, 4.69) is 5.32 Å². The van der Waals surface area contributed by atoms with Crippen LogP contribution in [0.25, 0.3) is 0 Å². The fourth-order valence-electron chi connectivity index (χ4n) is 3.60. The number of urea groups is 1. The van der Waals surface area contributed by atoms with Gasteiger partial charge in [-0.3, -0.25) is 14.5 Å². The Bertz CT molecular complexity index is 507. The van der Waals surface area contributed by atoms with Crippen LogP contribution in [0.4, 0.5) is 4.79 Å².